The number of fused-ring (bicyclic) bond motifs is 1. The van der Waals surface area contributed by atoms with Gasteiger partial charge in [-0.15, -0.1) is 0 Å². The number of hydrogen-bond acceptors (Lipinski definition) is 7. The third kappa shape index (κ3) is 3.86. The summed E-state index contributed by atoms with van der Waals surface area (Å²) >= 11 is 1.48. The molecule has 4 rings (SSSR count). The van der Waals surface area contributed by atoms with Crippen molar-refractivity contribution in [3.63, 3.8) is 0 Å². The van der Waals surface area contributed by atoms with Crippen LogP contribution < -0.4 is 4.90 Å². The van der Waals surface area contributed by atoms with Gasteiger partial charge in [-0.25, -0.2) is 13.4 Å². The number of sulfone groups is 1. The Morgan fingerprint density at radius 3 is 2.52 bits per heavy atom. The molecule has 0 aliphatic carbocycles. The topological polar surface area (TPSA) is 88.4 Å². The maximum atomic E-state index is 12.8. The summed E-state index contributed by atoms with van der Waals surface area (Å²) in [5, 5.41) is 5.24. The molecule has 29 heavy (non-hydrogen) atoms. The van der Waals surface area contributed by atoms with E-state index in [-0.39, 0.29) is 5.91 Å². The number of aromatic nitrogens is 3. The number of carbonyl (C=O) groups is 1. The fraction of sp³-hybridized carbons (Fsp3) is 0.421. The number of aryl methyl sites for hydroxylation is 2. The molecule has 1 aromatic carbocycles. The predicted molar refractivity (Wildman–Crippen MR) is 113 cm³/mol. The van der Waals surface area contributed by atoms with E-state index in [0.29, 0.717) is 36.8 Å². The molecule has 0 saturated carbocycles. The number of amides is 1. The maximum Gasteiger partial charge on any atom is 0.274 e. The van der Waals surface area contributed by atoms with Crippen molar-refractivity contribution in [3.8, 4) is 0 Å². The van der Waals surface area contributed by atoms with Crippen molar-refractivity contribution in [2.45, 2.75) is 25.3 Å². The van der Waals surface area contributed by atoms with Crippen molar-refractivity contribution < 1.29 is 13.2 Å². The number of anilines is 1. The van der Waals surface area contributed by atoms with E-state index >= 15 is 0 Å². The molecule has 8 nitrogen and oxygen atoms in total. The normalized spacial score (nSPS) is 15.3. The number of piperazine rings is 1. The highest BCUT2D eigenvalue weighted by molar-refractivity contribution is 7.90. The first kappa shape index (κ1) is 19.8. The van der Waals surface area contributed by atoms with Gasteiger partial charge in [-0.1, -0.05) is 11.3 Å². The van der Waals surface area contributed by atoms with Gasteiger partial charge in [-0.2, -0.15) is 5.10 Å². The van der Waals surface area contributed by atoms with Gasteiger partial charge in [0.05, 0.1) is 15.1 Å². The van der Waals surface area contributed by atoms with E-state index in [1.54, 1.807) is 18.2 Å². The summed E-state index contributed by atoms with van der Waals surface area (Å²) in [6, 6.07) is 6.86. The van der Waals surface area contributed by atoms with Crippen LogP contribution in [0.15, 0.2) is 29.2 Å². The number of carbonyl (C=O) groups excluding carboxylic acids is 1. The number of benzene rings is 1. The second kappa shape index (κ2) is 7.42. The van der Waals surface area contributed by atoms with Crippen LogP contribution in [0.4, 0.5) is 5.13 Å². The second-order valence-corrected chi connectivity index (χ2v) is 10.2. The minimum Gasteiger partial charge on any atom is -0.345 e. The van der Waals surface area contributed by atoms with Crippen LogP contribution in [0.2, 0.25) is 0 Å². The van der Waals surface area contributed by atoms with E-state index in [1.807, 2.05) is 29.5 Å². The summed E-state index contributed by atoms with van der Waals surface area (Å²) in [4.78, 5) is 21.7. The monoisotopic (exact) mass is 433 g/mol. The van der Waals surface area contributed by atoms with E-state index in [2.05, 4.69) is 15.0 Å². The summed E-state index contributed by atoms with van der Waals surface area (Å²) in [5.41, 5.74) is 2.26. The van der Waals surface area contributed by atoms with Gasteiger partial charge in [-0.3, -0.25) is 9.48 Å². The van der Waals surface area contributed by atoms with Gasteiger partial charge in [0.15, 0.2) is 20.7 Å². The molecule has 0 spiro atoms. The zero-order valence-corrected chi connectivity index (χ0v) is 18.3. The molecule has 1 aliphatic heterocycles. The quantitative estimate of drug-likeness (QED) is 0.627. The fourth-order valence-electron chi connectivity index (χ4n) is 3.46. The minimum absolute atomic E-state index is 0.0398. The predicted octanol–water partition coefficient (Wildman–Crippen LogP) is 2.19. The van der Waals surface area contributed by atoms with Crippen molar-refractivity contribution in [2.75, 3.05) is 37.3 Å². The smallest absolute Gasteiger partial charge is 0.274 e. The van der Waals surface area contributed by atoms with E-state index in [9.17, 15) is 13.2 Å². The summed E-state index contributed by atoms with van der Waals surface area (Å²) in [5.74, 6) is -0.0398. The molecule has 0 radical (unpaired) electrons. The van der Waals surface area contributed by atoms with Crippen LogP contribution in [-0.4, -0.2) is 66.4 Å². The molecule has 1 amide bonds. The van der Waals surface area contributed by atoms with Crippen LogP contribution in [-0.2, 0) is 16.4 Å². The maximum absolute atomic E-state index is 12.8. The third-order valence-electron chi connectivity index (χ3n) is 5.11. The highest BCUT2D eigenvalue weighted by Gasteiger charge is 2.26. The van der Waals surface area contributed by atoms with E-state index in [0.717, 1.165) is 27.6 Å². The number of rotatable bonds is 4. The van der Waals surface area contributed by atoms with Crippen molar-refractivity contribution in [1.29, 1.82) is 0 Å². The van der Waals surface area contributed by atoms with E-state index in [1.165, 1.54) is 17.6 Å². The van der Waals surface area contributed by atoms with Gasteiger partial charge in [0.2, 0.25) is 0 Å². The lowest BCUT2D eigenvalue weighted by molar-refractivity contribution is 0.0740. The van der Waals surface area contributed by atoms with Gasteiger partial charge >= 0.3 is 0 Å². The molecule has 0 unspecified atom stereocenters. The standard InChI is InChI=1S/C19H23N5O3S2/c1-4-24-13(2)11-16(21-24)18(25)22-7-9-23(10-8-22)19-20-15-6-5-14(29(3,26)27)12-17(15)28-19/h5-6,11-12H,4,7-10H2,1-3H3. The molecule has 3 heterocycles. The number of hydrogen-bond donors (Lipinski definition) is 0. The van der Waals surface area contributed by atoms with Gasteiger partial charge < -0.3 is 9.80 Å². The number of thiazole rings is 1. The highest BCUT2D eigenvalue weighted by Crippen LogP contribution is 2.31. The molecule has 0 bridgehead atoms. The van der Waals surface area contributed by atoms with Gasteiger partial charge in [0.25, 0.3) is 5.91 Å². The van der Waals surface area contributed by atoms with Crippen molar-refractivity contribution >= 4 is 42.4 Å². The summed E-state index contributed by atoms with van der Waals surface area (Å²) in [6.07, 6.45) is 1.21. The summed E-state index contributed by atoms with van der Waals surface area (Å²) < 4.78 is 26.2. The lowest BCUT2D eigenvalue weighted by Gasteiger charge is -2.34. The van der Waals surface area contributed by atoms with Gasteiger partial charge in [0, 0.05) is 44.7 Å². The molecule has 1 aliphatic rings. The highest BCUT2D eigenvalue weighted by atomic mass is 32.2. The molecule has 10 heteroatoms. The Balaban J connectivity index is 1.47. The third-order valence-corrected chi connectivity index (χ3v) is 7.30. The fourth-order valence-corrected chi connectivity index (χ4v) is 5.23. The molecular formula is C19H23N5O3S2. The Morgan fingerprint density at radius 2 is 1.90 bits per heavy atom. The zero-order valence-electron chi connectivity index (χ0n) is 16.6. The first-order chi connectivity index (χ1) is 13.8. The average molecular weight is 434 g/mol. The van der Waals surface area contributed by atoms with Crippen LogP contribution in [0.5, 0.6) is 0 Å². The van der Waals surface area contributed by atoms with Crippen LogP contribution in [0, 0.1) is 6.92 Å². The van der Waals surface area contributed by atoms with Crippen molar-refractivity contribution in [1.82, 2.24) is 19.7 Å². The second-order valence-electron chi connectivity index (χ2n) is 7.16. The Morgan fingerprint density at radius 1 is 1.17 bits per heavy atom. The Labute approximate surface area is 173 Å². The molecule has 2 aromatic heterocycles. The van der Waals surface area contributed by atoms with E-state index < -0.39 is 9.84 Å². The molecule has 3 aromatic rings. The summed E-state index contributed by atoms with van der Waals surface area (Å²) in [7, 11) is -3.24. The molecule has 0 N–H and O–H groups in total. The first-order valence-electron chi connectivity index (χ1n) is 9.45. The molecule has 0 atom stereocenters. The van der Waals surface area contributed by atoms with E-state index in [4.69, 9.17) is 0 Å². The van der Waals surface area contributed by atoms with Crippen molar-refractivity contribution in [3.05, 3.63) is 35.7 Å². The lowest BCUT2D eigenvalue weighted by Crippen LogP contribution is -2.48. The first-order valence-corrected chi connectivity index (χ1v) is 12.2. The molecule has 1 saturated heterocycles. The lowest BCUT2D eigenvalue weighted by atomic mass is 10.2. The van der Waals surface area contributed by atoms with Gasteiger partial charge in [0.1, 0.15) is 0 Å². The minimum atomic E-state index is -3.24. The van der Waals surface area contributed by atoms with Crippen LogP contribution in [0.25, 0.3) is 10.2 Å². The van der Waals surface area contributed by atoms with Crippen LogP contribution >= 0.6 is 11.3 Å². The summed E-state index contributed by atoms with van der Waals surface area (Å²) in [6.45, 7) is 7.25. The molecule has 154 valence electrons. The molecule has 1 fully saturated rings. The van der Waals surface area contributed by atoms with Crippen LogP contribution in [0.1, 0.15) is 23.1 Å². The Kier molecular flexibility index (Phi) is 5.07. The molecular weight excluding hydrogens is 410 g/mol. The SMILES string of the molecule is CCn1nc(C(=O)N2CCN(c3nc4ccc(S(C)(=O)=O)cc4s3)CC2)cc1C. The zero-order chi connectivity index (χ0) is 20.8. The van der Waals surface area contributed by atoms with Gasteiger partial charge in [-0.05, 0) is 38.1 Å². The largest absolute Gasteiger partial charge is 0.345 e. The average Bonchev–Trinajstić information content (AvgIpc) is 3.29. The van der Waals surface area contributed by atoms with Crippen LogP contribution in [0.3, 0.4) is 0 Å². The number of nitrogens with zero attached hydrogens (tertiary/aromatic N) is 5. The Hall–Kier alpha value is -2.46. The van der Waals surface area contributed by atoms with Crippen molar-refractivity contribution in [2.24, 2.45) is 0 Å². The Bertz CT molecular complexity index is 1170.